The summed E-state index contributed by atoms with van der Waals surface area (Å²) in [6.45, 7) is 4.42. The molecule has 0 unspecified atom stereocenters. The van der Waals surface area contributed by atoms with Gasteiger partial charge in [-0.1, -0.05) is 43.7 Å². The van der Waals surface area contributed by atoms with Crippen LogP contribution in [0.15, 0.2) is 54.6 Å². The van der Waals surface area contributed by atoms with Gasteiger partial charge in [0.2, 0.25) is 0 Å². The molecule has 1 fully saturated rings. The maximum Gasteiger partial charge on any atom is 0.127 e. The first-order valence-corrected chi connectivity index (χ1v) is 8.21. The molecule has 0 amide bonds. The van der Waals surface area contributed by atoms with E-state index in [0.29, 0.717) is 6.10 Å². The Labute approximate surface area is 133 Å². The van der Waals surface area contributed by atoms with Gasteiger partial charge in [-0.25, -0.2) is 0 Å². The van der Waals surface area contributed by atoms with E-state index in [1.54, 1.807) is 0 Å². The van der Waals surface area contributed by atoms with Gasteiger partial charge in [0.05, 0.1) is 11.7 Å². The van der Waals surface area contributed by atoms with Gasteiger partial charge in [-0.05, 0) is 56.0 Å². The molecule has 0 spiro atoms. The minimum atomic E-state index is -0.148. The van der Waals surface area contributed by atoms with Gasteiger partial charge < -0.3 is 9.47 Å². The molecule has 2 atom stereocenters. The van der Waals surface area contributed by atoms with Crippen molar-refractivity contribution in [1.82, 2.24) is 0 Å². The number of para-hydroxylation sites is 1. The van der Waals surface area contributed by atoms with Crippen LogP contribution in [0, 0.1) is 0 Å². The van der Waals surface area contributed by atoms with Gasteiger partial charge in [-0.2, -0.15) is 0 Å². The average Bonchev–Trinajstić information content (AvgIpc) is 2.92. The highest BCUT2D eigenvalue weighted by atomic mass is 16.5. The Kier molecular flexibility index (Phi) is 4.49. The molecule has 0 aromatic heterocycles. The van der Waals surface area contributed by atoms with Crippen LogP contribution in [0.3, 0.4) is 0 Å². The molecule has 0 N–H and O–H groups in total. The zero-order valence-electron chi connectivity index (χ0n) is 13.4. The van der Waals surface area contributed by atoms with Crippen LogP contribution in [0.1, 0.15) is 45.1 Å². The standard InChI is InChI=1S/C20H24O2/c1-3-7-19-14-15-20(2,22-19)16-10-12-18(13-11-16)21-17-8-5-4-6-9-17/h4-6,8-13,19H,3,7,14-15H2,1-2H3/t19-,20-/m1/s1. The summed E-state index contributed by atoms with van der Waals surface area (Å²) in [4.78, 5) is 0. The van der Waals surface area contributed by atoms with Gasteiger partial charge >= 0.3 is 0 Å². The lowest BCUT2D eigenvalue weighted by atomic mass is 9.92. The minimum absolute atomic E-state index is 0.148. The zero-order chi connectivity index (χ0) is 15.4. The summed E-state index contributed by atoms with van der Waals surface area (Å²) in [6, 6.07) is 18.2. The zero-order valence-corrected chi connectivity index (χ0v) is 13.4. The fourth-order valence-corrected chi connectivity index (χ4v) is 3.16. The highest BCUT2D eigenvalue weighted by molar-refractivity contribution is 5.35. The van der Waals surface area contributed by atoms with E-state index in [1.807, 2.05) is 42.5 Å². The lowest BCUT2D eigenvalue weighted by molar-refractivity contribution is -0.0353. The van der Waals surface area contributed by atoms with Crippen molar-refractivity contribution in [3.05, 3.63) is 60.2 Å². The molecule has 2 aromatic carbocycles. The van der Waals surface area contributed by atoms with Crippen LogP contribution in [-0.2, 0) is 10.3 Å². The normalized spacial score (nSPS) is 24.4. The summed E-state index contributed by atoms with van der Waals surface area (Å²) in [7, 11) is 0. The average molecular weight is 296 g/mol. The predicted molar refractivity (Wildman–Crippen MR) is 89.3 cm³/mol. The molecule has 1 aliphatic heterocycles. The first-order chi connectivity index (χ1) is 10.7. The summed E-state index contributed by atoms with van der Waals surface area (Å²) >= 11 is 0. The smallest absolute Gasteiger partial charge is 0.127 e. The molecule has 3 rings (SSSR count). The molecule has 0 aliphatic carbocycles. The molecule has 0 saturated carbocycles. The number of ether oxygens (including phenoxy) is 2. The van der Waals surface area contributed by atoms with Gasteiger partial charge in [0, 0.05) is 0 Å². The third-order valence-corrected chi connectivity index (χ3v) is 4.42. The fraction of sp³-hybridized carbons (Fsp3) is 0.400. The molecular formula is C20H24O2. The predicted octanol–water partition coefficient (Wildman–Crippen LogP) is 5.67. The van der Waals surface area contributed by atoms with Crippen molar-refractivity contribution >= 4 is 0 Å². The Hall–Kier alpha value is -1.80. The number of hydrogen-bond donors (Lipinski definition) is 0. The topological polar surface area (TPSA) is 18.5 Å². The van der Waals surface area contributed by atoms with Crippen LogP contribution in [0.5, 0.6) is 11.5 Å². The van der Waals surface area contributed by atoms with Gasteiger partial charge in [0.1, 0.15) is 11.5 Å². The Morgan fingerprint density at radius 3 is 2.41 bits per heavy atom. The van der Waals surface area contributed by atoms with E-state index in [-0.39, 0.29) is 5.60 Å². The van der Waals surface area contributed by atoms with E-state index in [0.717, 1.165) is 30.8 Å². The van der Waals surface area contributed by atoms with Gasteiger partial charge in [-0.15, -0.1) is 0 Å². The minimum Gasteiger partial charge on any atom is -0.457 e. The van der Waals surface area contributed by atoms with Gasteiger partial charge in [0.15, 0.2) is 0 Å². The third-order valence-electron chi connectivity index (χ3n) is 4.42. The largest absolute Gasteiger partial charge is 0.457 e. The molecule has 1 saturated heterocycles. The Bertz CT molecular complexity index is 591. The van der Waals surface area contributed by atoms with Crippen molar-refractivity contribution in [2.24, 2.45) is 0 Å². The molecule has 22 heavy (non-hydrogen) atoms. The van der Waals surface area contributed by atoms with Crippen LogP contribution in [0.25, 0.3) is 0 Å². The molecule has 0 radical (unpaired) electrons. The molecule has 2 heteroatoms. The summed E-state index contributed by atoms with van der Waals surface area (Å²) < 4.78 is 12.1. The van der Waals surface area contributed by atoms with Crippen LogP contribution >= 0.6 is 0 Å². The maximum atomic E-state index is 6.29. The van der Waals surface area contributed by atoms with Crippen molar-refractivity contribution in [3.8, 4) is 11.5 Å². The second-order valence-corrected chi connectivity index (χ2v) is 6.24. The van der Waals surface area contributed by atoms with Gasteiger partial charge in [0.25, 0.3) is 0 Å². The monoisotopic (exact) mass is 296 g/mol. The highest BCUT2D eigenvalue weighted by Gasteiger charge is 2.36. The SMILES string of the molecule is CCC[C@@H]1CC[C@](C)(c2ccc(Oc3ccccc3)cc2)O1. The second-order valence-electron chi connectivity index (χ2n) is 6.24. The maximum absolute atomic E-state index is 6.29. The lowest BCUT2D eigenvalue weighted by Crippen LogP contribution is -2.22. The van der Waals surface area contributed by atoms with Crippen LogP contribution in [0.2, 0.25) is 0 Å². The molecule has 1 aliphatic rings. The van der Waals surface area contributed by atoms with E-state index >= 15 is 0 Å². The molecule has 1 heterocycles. The Balaban J connectivity index is 1.69. The van der Waals surface area contributed by atoms with E-state index in [2.05, 4.69) is 26.0 Å². The number of hydrogen-bond acceptors (Lipinski definition) is 2. The second kappa shape index (κ2) is 6.53. The molecule has 116 valence electrons. The molecule has 0 bridgehead atoms. The molecular weight excluding hydrogens is 272 g/mol. The quantitative estimate of drug-likeness (QED) is 0.707. The fourth-order valence-electron chi connectivity index (χ4n) is 3.16. The summed E-state index contributed by atoms with van der Waals surface area (Å²) in [5, 5.41) is 0. The number of rotatable bonds is 5. The number of benzene rings is 2. The van der Waals surface area contributed by atoms with Crippen LogP contribution in [0.4, 0.5) is 0 Å². The van der Waals surface area contributed by atoms with E-state index in [4.69, 9.17) is 9.47 Å². The first-order valence-electron chi connectivity index (χ1n) is 8.21. The Morgan fingerprint density at radius 1 is 1.05 bits per heavy atom. The van der Waals surface area contributed by atoms with Crippen molar-refractivity contribution in [3.63, 3.8) is 0 Å². The molecule has 2 nitrogen and oxygen atoms in total. The van der Waals surface area contributed by atoms with Crippen molar-refractivity contribution in [1.29, 1.82) is 0 Å². The summed E-state index contributed by atoms with van der Waals surface area (Å²) in [5.74, 6) is 1.73. The first kappa shape index (κ1) is 15.1. The summed E-state index contributed by atoms with van der Waals surface area (Å²) in [5.41, 5.74) is 1.09. The van der Waals surface area contributed by atoms with Gasteiger partial charge in [-0.3, -0.25) is 0 Å². The third kappa shape index (κ3) is 3.33. The van der Waals surface area contributed by atoms with E-state index in [1.165, 1.54) is 12.0 Å². The van der Waals surface area contributed by atoms with Crippen molar-refractivity contribution in [2.75, 3.05) is 0 Å². The van der Waals surface area contributed by atoms with E-state index < -0.39 is 0 Å². The van der Waals surface area contributed by atoms with Crippen LogP contribution < -0.4 is 4.74 Å². The van der Waals surface area contributed by atoms with Crippen LogP contribution in [-0.4, -0.2) is 6.10 Å². The Morgan fingerprint density at radius 2 is 1.73 bits per heavy atom. The highest BCUT2D eigenvalue weighted by Crippen LogP contribution is 2.40. The summed E-state index contributed by atoms with van der Waals surface area (Å²) in [6.07, 6.45) is 5.01. The van der Waals surface area contributed by atoms with Crippen molar-refractivity contribution in [2.45, 2.75) is 51.2 Å². The van der Waals surface area contributed by atoms with E-state index in [9.17, 15) is 0 Å². The van der Waals surface area contributed by atoms with Crippen molar-refractivity contribution < 1.29 is 9.47 Å². The lowest BCUT2D eigenvalue weighted by Gasteiger charge is -2.25. The molecule has 2 aromatic rings.